The van der Waals surface area contributed by atoms with E-state index in [0.29, 0.717) is 17.2 Å². The summed E-state index contributed by atoms with van der Waals surface area (Å²) in [4.78, 5) is 24.5. The van der Waals surface area contributed by atoms with Gasteiger partial charge in [-0.25, -0.2) is 15.0 Å². The van der Waals surface area contributed by atoms with Crippen LogP contribution in [0.5, 0.6) is 0 Å². The number of hydrogen-bond donors (Lipinski definition) is 4. The van der Waals surface area contributed by atoms with Crippen LogP contribution in [0.1, 0.15) is 15.9 Å². The van der Waals surface area contributed by atoms with Crippen LogP contribution in [0.4, 0.5) is 23.1 Å². The molecule has 5 N–H and O–H groups in total. The number of carbonyl (C=O) groups excluding carboxylic acids is 1. The Morgan fingerprint density at radius 3 is 2.46 bits per heavy atom. The highest BCUT2D eigenvalue weighted by Gasteiger charge is 2.11. The van der Waals surface area contributed by atoms with Crippen molar-refractivity contribution in [3.05, 3.63) is 64.5 Å². The zero-order valence-corrected chi connectivity index (χ0v) is 15.4. The molecule has 3 aromatic rings. The van der Waals surface area contributed by atoms with Crippen LogP contribution in [0.15, 0.2) is 53.4 Å². The highest BCUT2D eigenvalue weighted by Crippen LogP contribution is 2.24. The van der Waals surface area contributed by atoms with Gasteiger partial charge in [0.05, 0.1) is 0 Å². The second kappa shape index (κ2) is 7.79. The summed E-state index contributed by atoms with van der Waals surface area (Å²) >= 11 is 3.32. The molecule has 8 nitrogen and oxygen atoms in total. The summed E-state index contributed by atoms with van der Waals surface area (Å²) in [6.45, 7) is 1.95. The SMILES string of the molecule is Cc1ccc(C(=O)NNc2ncnc(Nc3ccc(Br)cn3)c2N)cc1. The average Bonchev–Trinajstić information content (AvgIpc) is 2.64. The molecule has 0 atom stereocenters. The Morgan fingerprint density at radius 2 is 1.77 bits per heavy atom. The lowest BCUT2D eigenvalue weighted by Crippen LogP contribution is -2.30. The number of aryl methyl sites for hydroxylation is 1. The Kier molecular flexibility index (Phi) is 5.28. The summed E-state index contributed by atoms with van der Waals surface area (Å²) in [5, 5.41) is 3.00. The normalized spacial score (nSPS) is 10.2. The molecule has 0 aliphatic heterocycles. The number of carbonyl (C=O) groups is 1. The van der Waals surface area contributed by atoms with Crippen LogP contribution in [0.25, 0.3) is 0 Å². The number of nitrogens with two attached hydrogens (primary N) is 1. The lowest BCUT2D eigenvalue weighted by Gasteiger charge is -2.13. The van der Waals surface area contributed by atoms with Gasteiger partial charge in [-0.05, 0) is 47.1 Å². The molecule has 132 valence electrons. The number of nitrogen functional groups attached to an aromatic ring is 1. The molecule has 1 amide bonds. The lowest BCUT2D eigenvalue weighted by molar-refractivity contribution is 0.0962. The molecule has 26 heavy (non-hydrogen) atoms. The quantitative estimate of drug-likeness (QED) is 0.474. The maximum Gasteiger partial charge on any atom is 0.269 e. The van der Waals surface area contributed by atoms with E-state index in [1.807, 2.05) is 25.1 Å². The van der Waals surface area contributed by atoms with Crippen LogP contribution in [-0.2, 0) is 0 Å². The first-order chi connectivity index (χ1) is 12.5. The van der Waals surface area contributed by atoms with Crippen LogP contribution in [0, 0.1) is 6.92 Å². The molecule has 0 fully saturated rings. The minimum Gasteiger partial charge on any atom is -0.393 e. The first-order valence-electron chi connectivity index (χ1n) is 7.65. The number of hydrazine groups is 1. The van der Waals surface area contributed by atoms with E-state index in [0.717, 1.165) is 10.0 Å². The molecule has 0 spiro atoms. The van der Waals surface area contributed by atoms with Crippen molar-refractivity contribution < 1.29 is 4.79 Å². The first kappa shape index (κ1) is 17.6. The van der Waals surface area contributed by atoms with Crippen LogP contribution in [-0.4, -0.2) is 20.9 Å². The number of halogens is 1. The van der Waals surface area contributed by atoms with Gasteiger partial charge in [0.25, 0.3) is 5.91 Å². The first-order valence-corrected chi connectivity index (χ1v) is 8.44. The predicted octanol–water partition coefficient (Wildman–Crippen LogP) is 3.03. The van der Waals surface area contributed by atoms with Crippen LogP contribution in [0.2, 0.25) is 0 Å². The van der Waals surface area contributed by atoms with E-state index in [9.17, 15) is 4.79 Å². The molecule has 2 heterocycles. The van der Waals surface area contributed by atoms with Crippen molar-refractivity contribution in [1.82, 2.24) is 20.4 Å². The molecule has 2 aromatic heterocycles. The van der Waals surface area contributed by atoms with Gasteiger partial charge in [-0.2, -0.15) is 0 Å². The highest BCUT2D eigenvalue weighted by molar-refractivity contribution is 9.10. The fraction of sp³-hybridized carbons (Fsp3) is 0.0588. The maximum absolute atomic E-state index is 12.2. The maximum atomic E-state index is 12.2. The number of nitrogens with one attached hydrogen (secondary N) is 3. The van der Waals surface area contributed by atoms with Crippen molar-refractivity contribution in [3.8, 4) is 0 Å². The predicted molar refractivity (Wildman–Crippen MR) is 104 cm³/mol. The zero-order valence-electron chi connectivity index (χ0n) is 13.8. The van der Waals surface area contributed by atoms with Crippen molar-refractivity contribution >= 4 is 45.0 Å². The molecular formula is C17H16BrN7O. The van der Waals surface area contributed by atoms with Gasteiger partial charge in [0.15, 0.2) is 11.6 Å². The standard InChI is InChI=1S/C17H16BrN7O/c1-10-2-4-11(5-3-10)17(26)25-24-16-14(19)15(21-9-22-16)23-13-7-6-12(18)8-20-13/h2-9H,19H2,1H3,(H,25,26)(H2,20,21,22,23,24). The van der Waals surface area contributed by atoms with Gasteiger partial charge in [0.1, 0.15) is 17.8 Å². The van der Waals surface area contributed by atoms with Crippen molar-refractivity contribution in [2.75, 3.05) is 16.5 Å². The van der Waals surface area contributed by atoms with E-state index in [2.05, 4.69) is 47.1 Å². The third-order valence-corrected chi connectivity index (χ3v) is 3.94. The summed E-state index contributed by atoms with van der Waals surface area (Å²) in [6.07, 6.45) is 2.98. The van der Waals surface area contributed by atoms with Crippen molar-refractivity contribution in [3.63, 3.8) is 0 Å². The molecule has 1 aromatic carbocycles. The van der Waals surface area contributed by atoms with Gasteiger partial charge >= 0.3 is 0 Å². The molecule has 0 bridgehead atoms. The number of nitrogens with zero attached hydrogens (tertiary/aromatic N) is 3. The second-order valence-electron chi connectivity index (χ2n) is 5.42. The van der Waals surface area contributed by atoms with Gasteiger partial charge in [-0.15, -0.1) is 0 Å². The Hall–Kier alpha value is -3.20. The summed E-state index contributed by atoms with van der Waals surface area (Å²) in [5.74, 6) is 0.933. The lowest BCUT2D eigenvalue weighted by atomic mass is 10.1. The second-order valence-corrected chi connectivity index (χ2v) is 6.33. The smallest absolute Gasteiger partial charge is 0.269 e. The Labute approximate surface area is 158 Å². The molecule has 0 radical (unpaired) electrons. The van der Waals surface area contributed by atoms with Crippen molar-refractivity contribution in [2.24, 2.45) is 0 Å². The molecule has 9 heteroatoms. The number of benzene rings is 1. The minimum absolute atomic E-state index is 0.251. The largest absolute Gasteiger partial charge is 0.393 e. The number of amides is 1. The fourth-order valence-corrected chi connectivity index (χ4v) is 2.29. The van der Waals surface area contributed by atoms with E-state index in [1.54, 1.807) is 24.4 Å². The summed E-state index contributed by atoms with van der Waals surface area (Å²) in [6, 6.07) is 10.8. The van der Waals surface area contributed by atoms with Gasteiger partial charge in [-0.1, -0.05) is 17.7 Å². The molecular weight excluding hydrogens is 398 g/mol. The zero-order chi connectivity index (χ0) is 18.5. The molecule has 3 rings (SSSR count). The van der Waals surface area contributed by atoms with Crippen molar-refractivity contribution in [2.45, 2.75) is 6.92 Å². The van der Waals surface area contributed by atoms with Crippen LogP contribution >= 0.6 is 15.9 Å². The van der Waals surface area contributed by atoms with Gasteiger partial charge in [0, 0.05) is 16.2 Å². The number of anilines is 4. The minimum atomic E-state index is -0.299. The topological polar surface area (TPSA) is 118 Å². The van der Waals surface area contributed by atoms with E-state index in [4.69, 9.17) is 5.73 Å². The molecule has 0 aliphatic rings. The number of hydrogen-bond acceptors (Lipinski definition) is 7. The third kappa shape index (κ3) is 4.25. The molecule has 0 aliphatic carbocycles. The number of rotatable bonds is 5. The Balaban J connectivity index is 1.69. The third-order valence-electron chi connectivity index (χ3n) is 3.47. The summed E-state index contributed by atoms with van der Waals surface area (Å²) in [5.41, 5.74) is 13.2. The molecule has 0 saturated heterocycles. The monoisotopic (exact) mass is 413 g/mol. The van der Waals surface area contributed by atoms with E-state index < -0.39 is 0 Å². The van der Waals surface area contributed by atoms with Crippen molar-refractivity contribution in [1.29, 1.82) is 0 Å². The summed E-state index contributed by atoms with van der Waals surface area (Å²) in [7, 11) is 0. The van der Waals surface area contributed by atoms with Gasteiger partial charge in [0.2, 0.25) is 0 Å². The van der Waals surface area contributed by atoms with Gasteiger partial charge < -0.3 is 11.1 Å². The average molecular weight is 414 g/mol. The van der Waals surface area contributed by atoms with E-state index >= 15 is 0 Å². The van der Waals surface area contributed by atoms with E-state index in [1.165, 1.54) is 6.33 Å². The number of aromatic nitrogens is 3. The summed E-state index contributed by atoms with van der Waals surface area (Å²) < 4.78 is 0.861. The highest BCUT2D eigenvalue weighted by atomic mass is 79.9. The van der Waals surface area contributed by atoms with Crippen LogP contribution in [0.3, 0.4) is 0 Å². The fourth-order valence-electron chi connectivity index (χ4n) is 2.06. The number of pyridine rings is 1. The molecule has 0 unspecified atom stereocenters. The van der Waals surface area contributed by atoms with Crippen LogP contribution < -0.4 is 21.9 Å². The Bertz CT molecular complexity index is 913. The van der Waals surface area contributed by atoms with Gasteiger partial charge in [-0.3, -0.25) is 15.6 Å². The molecule has 0 saturated carbocycles. The van der Waals surface area contributed by atoms with E-state index in [-0.39, 0.29) is 17.4 Å². The Morgan fingerprint density at radius 1 is 1.04 bits per heavy atom.